The van der Waals surface area contributed by atoms with E-state index in [9.17, 15) is 0 Å². The van der Waals surface area contributed by atoms with Gasteiger partial charge in [0.05, 0.1) is 0 Å². The van der Waals surface area contributed by atoms with Crippen molar-refractivity contribution in [3.8, 4) is 0 Å². The first-order valence-electron chi connectivity index (χ1n) is 5.08. The number of fused-ring (bicyclic) bond motifs is 1. The van der Waals surface area contributed by atoms with E-state index in [-0.39, 0.29) is 0 Å². The first-order chi connectivity index (χ1) is 6.27. The second kappa shape index (κ2) is 3.41. The number of hydrogen-bond donors (Lipinski definition) is 0. The zero-order valence-corrected chi connectivity index (χ0v) is 8.46. The highest BCUT2D eigenvalue weighted by Crippen LogP contribution is 2.28. The van der Waals surface area contributed by atoms with E-state index < -0.39 is 0 Å². The van der Waals surface area contributed by atoms with Crippen molar-refractivity contribution in [3.05, 3.63) is 35.6 Å². The van der Waals surface area contributed by atoms with Crippen LogP contribution in [0.1, 0.15) is 19.8 Å². The Kier molecular flexibility index (Phi) is 2.26. The Morgan fingerprint density at radius 2 is 2.31 bits per heavy atom. The molecular weight excluding hydrogens is 158 g/mol. The molecule has 13 heavy (non-hydrogen) atoms. The van der Waals surface area contributed by atoms with Gasteiger partial charge in [0.2, 0.25) is 0 Å². The van der Waals surface area contributed by atoms with Crippen molar-refractivity contribution in [2.24, 2.45) is 5.92 Å². The van der Waals surface area contributed by atoms with Gasteiger partial charge in [-0.3, -0.25) is 0 Å². The molecule has 1 aliphatic heterocycles. The van der Waals surface area contributed by atoms with E-state index in [1.165, 1.54) is 30.7 Å². The molecule has 0 spiro atoms. The maximum absolute atomic E-state index is 2.37. The molecule has 0 aromatic heterocycles. The molecule has 0 amide bonds. The molecule has 0 aromatic carbocycles. The topological polar surface area (TPSA) is 3.24 Å². The van der Waals surface area contributed by atoms with Gasteiger partial charge in [0.1, 0.15) is 0 Å². The summed E-state index contributed by atoms with van der Waals surface area (Å²) < 4.78 is 0. The molecule has 1 fully saturated rings. The number of hydrogen-bond acceptors (Lipinski definition) is 1. The number of allylic oxidation sites excluding steroid dienone is 5. The highest BCUT2D eigenvalue weighted by atomic mass is 15.1. The molecule has 2 aliphatic rings. The van der Waals surface area contributed by atoms with Gasteiger partial charge in [-0.15, -0.1) is 0 Å². The molecule has 1 atom stereocenters. The van der Waals surface area contributed by atoms with Crippen LogP contribution in [0.15, 0.2) is 35.6 Å². The third-order valence-electron chi connectivity index (χ3n) is 2.81. The van der Waals surface area contributed by atoms with Gasteiger partial charge in [-0.25, -0.2) is 0 Å². The van der Waals surface area contributed by atoms with Gasteiger partial charge in [-0.1, -0.05) is 31.2 Å². The summed E-state index contributed by atoms with van der Waals surface area (Å²) in [4.78, 5) is 2.37. The van der Waals surface area contributed by atoms with Crippen LogP contribution in [0.25, 0.3) is 0 Å². The molecule has 1 unspecified atom stereocenters. The first kappa shape index (κ1) is 8.61. The predicted molar refractivity (Wildman–Crippen MR) is 56.3 cm³/mol. The van der Waals surface area contributed by atoms with E-state index in [1.54, 1.807) is 0 Å². The fourth-order valence-electron chi connectivity index (χ4n) is 2.05. The Hall–Kier alpha value is -0.980. The van der Waals surface area contributed by atoms with E-state index in [0.29, 0.717) is 5.92 Å². The van der Waals surface area contributed by atoms with Crippen LogP contribution < -0.4 is 0 Å². The molecule has 0 aromatic rings. The normalized spacial score (nSPS) is 27.5. The van der Waals surface area contributed by atoms with Crippen LogP contribution in [-0.2, 0) is 0 Å². The van der Waals surface area contributed by atoms with Gasteiger partial charge in [0.25, 0.3) is 0 Å². The minimum absolute atomic E-state index is 0.573. The third kappa shape index (κ3) is 1.69. The molecule has 0 N–H and O–H groups in total. The molecule has 1 nitrogen and oxygen atoms in total. The lowest BCUT2D eigenvalue weighted by atomic mass is 9.99. The average Bonchev–Trinajstić information content (AvgIpc) is 2.28. The smallest absolute Gasteiger partial charge is 0.0361 e. The quantitative estimate of drug-likeness (QED) is 0.547. The van der Waals surface area contributed by atoms with Crippen molar-refractivity contribution >= 4 is 0 Å². The van der Waals surface area contributed by atoms with Crippen LogP contribution in [0.2, 0.25) is 0 Å². The molecule has 0 radical (unpaired) electrons. The minimum Gasteiger partial charge on any atom is -0.375 e. The van der Waals surface area contributed by atoms with Gasteiger partial charge < -0.3 is 4.90 Å². The Balaban J connectivity index is 2.33. The van der Waals surface area contributed by atoms with Crippen LogP contribution in [0.4, 0.5) is 0 Å². The second-order valence-electron chi connectivity index (χ2n) is 4.01. The largest absolute Gasteiger partial charge is 0.375 e. The molecule has 0 bridgehead atoms. The summed E-state index contributed by atoms with van der Waals surface area (Å²) in [7, 11) is 2.19. The number of likely N-dealkylation sites (tertiary alicyclic amines) is 1. The SMILES string of the molecule is CC1C=CC=C2CCCN(C)C2=C1. The molecule has 1 heterocycles. The maximum atomic E-state index is 2.37. The summed E-state index contributed by atoms with van der Waals surface area (Å²) in [6, 6.07) is 0. The van der Waals surface area contributed by atoms with Gasteiger partial charge in [0.15, 0.2) is 0 Å². The standard InChI is InChI=1S/C12H17N/c1-10-5-3-6-11-7-4-8-13(2)12(11)9-10/h3,5-6,9-10H,4,7-8H2,1-2H3. The van der Waals surface area contributed by atoms with E-state index >= 15 is 0 Å². The van der Waals surface area contributed by atoms with Crippen molar-refractivity contribution in [2.75, 3.05) is 13.6 Å². The monoisotopic (exact) mass is 175 g/mol. The van der Waals surface area contributed by atoms with Crippen molar-refractivity contribution in [2.45, 2.75) is 19.8 Å². The van der Waals surface area contributed by atoms with Crippen LogP contribution >= 0.6 is 0 Å². The number of piperidine rings is 1. The second-order valence-corrected chi connectivity index (χ2v) is 4.01. The van der Waals surface area contributed by atoms with Crippen LogP contribution in [-0.4, -0.2) is 18.5 Å². The summed E-state index contributed by atoms with van der Waals surface area (Å²) in [5.74, 6) is 0.573. The Morgan fingerprint density at radius 3 is 3.15 bits per heavy atom. The molecule has 1 aliphatic carbocycles. The van der Waals surface area contributed by atoms with Crippen LogP contribution in [0.5, 0.6) is 0 Å². The van der Waals surface area contributed by atoms with E-state index in [4.69, 9.17) is 0 Å². The first-order valence-corrected chi connectivity index (χ1v) is 5.08. The van der Waals surface area contributed by atoms with Crippen molar-refractivity contribution in [1.29, 1.82) is 0 Å². The predicted octanol–water partition coefficient (Wildman–Crippen LogP) is 2.73. The van der Waals surface area contributed by atoms with Crippen molar-refractivity contribution in [1.82, 2.24) is 4.90 Å². The third-order valence-corrected chi connectivity index (χ3v) is 2.81. The molecule has 70 valence electrons. The van der Waals surface area contributed by atoms with Crippen molar-refractivity contribution < 1.29 is 0 Å². The van der Waals surface area contributed by atoms with Gasteiger partial charge in [-0.2, -0.15) is 0 Å². The van der Waals surface area contributed by atoms with Crippen LogP contribution in [0, 0.1) is 5.92 Å². The summed E-state index contributed by atoms with van der Waals surface area (Å²) in [5, 5.41) is 0. The fraction of sp³-hybridized carbons (Fsp3) is 0.500. The highest BCUT2D eigenvalue weighted by molar-refractivity contribution is 5.37. The number of nitrogens with zero attached hydrogens (tertiary/aromatic N) is 1. The molecule has 2 rings (SSSR count). The number of likely N-dealkylation sites (N-methyl/N-ethyl adjacent to an activating group) is 1. The lowest BCUT2D eigenvalue weighted by Crippen LogP contribution is -2.25. The molecule has 1 heteroatoms. The summed E-state index contributed by atoms with van der Waals surface area (Å²) in [5.41, 5.74) is 2.96. The van der Waals surface area contributed by atoms with E-state index in [1.807, 2.05) is 0 Å². The average molecular weight is 175 g/mol. The lowest BCUT2D eigenvalue weighted by molar-refractivity contribution is 0.381. The summed E-state index contributed by atoms with van der Waals surface area (Å²) in [6.07, 6.45) is 11.6. The highest BCUT2D eigenvalue weighted by Gasteiger charge is 2.17. The van der Waals surface area contributed by atoms with E-state index in [0.717, 1.165) is 0 Å². The fourth-order valence-corrected chi connectivity index (χ4v) is 2.05. The summed E-state index contributed by atoms with van der Waals surface area (Å²) in [6.45, 7) is 3.44. The molecule has 1 saturated heterocycles. The van der Waals surface area contributed by atoms with Crippen LogP contribution in [0.3, 0.4) is 0 Å². The van der Waals surface area contributed by atoms with Gasteiger partial charge >= 0.3 is 0 Å². The Labute approximate surface area is 80.4 Å². The summed E-state index contributed by atoms with van der Waals surface area (Å²) >= 11 is 0. The Morgan fingerprint density at radius 1 is 1.46 bits per heavy atom. The van der Waals surface area contributed by atoms with Gasteiger partial charge in [-0.05, 0) is 24.3 Å². The maximum Gasteiger partial charge on any atom is 0.0361 e. The van der Waals surface area contributed by atoms with Gasteiger partial charge in [0, 0.05) is 19.3 Å². The minimum atomic E-state index is 0.573. The zero-order chi connectivity index (χ0) is 9.26. The zero-order valence-electron chi connectivity index (χ0n) is 8.46. The molecule has 0 saturated carbocycles. The van der Waals surface area contributed by atoms with E-state index in [2.05, 4.69) is 43.2 Å². The van der Waals surface area contributed by atoms with Crippen molar-refractivity contribution in [3.63, 3.8) is 0 Å². The lowest BCUT2D eigenvalue weighted by Gasteiger charge is -2.30. The Bertz CT molecular complexity index is 283. The molecular formula is C12H17N. The number of rotatable bonds is 0.